The SMILES string of the molecule is C=CC(=O)N1CCN(c2nc(OC)nc3c2CCN(c2cc(O)cc4cccc(Cl)c24)C3)CC1.CC#N.O=C(O)CN1CCN(CC(=O)O)CCN(CC(=O)NCCN2CCCC2)CCN(CC(=O)O)CC1. The van der Waals surface area contributed by atoms with Crippen molar-refractivity contribution in [2.45, 2.75) is 32.7 Å². The van der Waals surface area contributed by atoms with Gasteiger partial charge in [-0.2, -0.15) is 15.2 Å². The Balaban J connectivity index is 0.000000254. The van der Waals surface area contributed by atoms with Gasteiger partial charge >= 0.3 is 23.9 Å². The molecule has 0 aliphatic carbocycles. The second-order valence-electron chi connectivity index (χ2n) is 17.9. The number of hydrogen-bond donors (Lipinski definition) is 5. The number of nitrogens with one attached hydrogen (secondary N) is 1. The number of aromatic nitrogens is 2. The van der Waals surface area contributed by atoms with Crippen molar-refractivity contribution in [3.05, 3.63) is 59.3 Å². The van der Waals surface area contributed by atoms with Crippen molar-refractivity contribution in [1.82, 2.24) is 44.7 Å². The molecule has 72 heavy (non-hydrogen) atoms. The number of carbonyl (C=O) groups excluding carboxylic acids is 2. The van der Waals surface area contributed by atoms with Gasteiger partial charge in [-0.05, 0) is 55.9 Å². The van der Waals surface area contributed by atoms with E-state index in [0.717, 1.165) is 66.1 Å². The fourth-order valence-corrected chi connectivity index (χ4v) is 9.49. The number of aliphatic carboxylic acids is 3. The number of likely N-dealkylation sites (tertiary alicyclic amines) is 1. The summed E-state index contributed by atoms with van der Waals surface area (Å²) in [6.45, 7) is 15.0. The lowest BCUT2D eigenvalue weighted by Gasteiger charge is -2.38. The van der Waals surface area contributed by atoms with Crippen molar-refractivity contribution in [2.24, 2.45) is 0 Å². The number of carboxylic acids is 3. The smallest absolute Gasteiger partial charge is 0.318 e. The lowest BCUT2D eigenvalue weighted by atomic mass is 10.0. The van der Waals surface area contributed by atoms with E-state index in [2.05, 4.69) is 36.6 Å². The Kier molecular flexibility index (Phi) is 22.5. The third-order valence-corrected chi connectivity index (χ3v) is 13.1. The number of hydrogen-bond acceptors (Lipinski definition) is 17. The highest BCUT2D eigenvalue weighted by Crippen LogP contribution is 2.39. The molecule has 5 heterocycles. The quantitative estimate of drug-likeness (QED) is 0.135. The van der Waals surface area contributed by atoms with Crippen LogP contribution >= 0.6 is 11.6 Å². The van der Waals surface area contributed by atoms with Crippen LogP contribution in [0, 0.1) is 11.3 Å². The Hall–Kier alpha value is -6.35. The monoisotopic (exact) mass is 1020 g/mol. The number of amides is 2. The molecule has 3 saturated heterocycles. The minimum absolute atomic E-state index is 0.0467. The van der Waals surface area contributed by atoms with Crippen LogP contribution in [0.1, 0.15) is 31.0 Å². The number of nitriles is 1. The van der Waals surface area contributed by atoms with Crippen LogP contribution in [0.15, 0.2) is 43.0 Å². The second-order valence-corrected chi connectivity index (χ2v) is 18.3. The lowest BCUT2D eigenvalue weighted by Crippen LogP contribution is -2.50. The van der Waals surface area contributed by atoms with E-state index >= 15 is 0 Å². The maximum atomic E-state index is 12.6. The molecule has 1 aromatic heterocycles. The van der Waals surface area contributed by atoms with Crippen LogP contribution in [0.5, 0.6) is 11.8 Å². The highest BCUT2D eigenvalue weighted by atomic mass is 35.5. The molecule has 4 aliphatic rings. The van der Waals surface area contributed by atoms with E-state index in [1.807, 2.05) is 23.1 Å². The molecule has 22 nitrogen and oxygen atoms in total. The second kappa shape index (κ2) is 28.6. The van der Waals surface area contributed by atoms with Crippen molar-refractivity contribution in [1.29, 1.82) is 5.26 Å². The third kappa shape index (κ3) is 17.5. The number of rotatable bonds is 15. The molecule has 0 spiro atoms. The highest BCUT2D eigenvalue weighted by Gasteiger charge is 2.30. The topological polar surface area (TPSA) is 263 Å². The molecule has 4 aliphatic heterocycles. The Morgan fingerprint density at radius 2 is 1.31 bits per heavy atom. The number of ether oxygens (including phenoxy) is 1. The van der Waals surface area contributed by atoms with Crippen LogP contribution in [0.25, 0.3) is 10.8 Å². The zero-order chi connectivity index (χ0) is 52.2. The predicted molar refractivity (Wildman–Crippen MR) is 272 cm³/mol. The first-order chi connectivity index (χ1) is 34.6. The number of anilines is 2. The van der Waals surface area contributed by atoms with Crippen LogP contribution in [-0.4, -0.2) is 234 Å². The van der Waals surface area contributed by atoms with E-state index in [9.17, 15) is 44.4 Å². The van der Waals surface area contributed by atoms with Gasteiger partial charge in [0, 0.05) is 122 Å². The molecule has 0 saturated carbocycles. The van der Waals surface area contributed by atoms with Crippen LogP contribution < -0.4 is 19.9 Å². The summed E-state index contributed by atoms with van der Waals surface area (Å²) in [5.74, 6) is -2.03. The molecule has 0 bridgehead atoms. The maximum absolute atomic E-state index is 12.6. The zero-order valence-corrected chi connectivity index (χ0v) is 42.1. The molecular weight excluding hydrogens is 952 g/mol. The summed E-state index contributed by atoms with van der Waals surface area (Å²) in [5, 5.41) is 50.9. The van der Waals surface area contributed by atoms with E-state index in [1.54, 1.807) is 44.9 Å². The standard InChI is InChI=1S/C25H26ClN5O3.C22H40N6O7.C2H3N/c1-3-22(33)29-9-11-30(12-10-29)24-18-7-8-31(15-20(18)27-25(28-24)34-2)21-14-17(32)13-16-5-4-6-19(26)23(16)21;29-19(23-3-6-24-4-1-2-5-24)15-25-7-9-26(16-20(30)31)11-13-28(18-22(34)35)14-12-27(10-8-25)17-21(32)33;1-2-3/h3-6,13-14,32H,1,7-12,15H2,2H3;1-18H2,(H,23,29)(H,30,31)(H,32,33)(H,34,35);1H3. The van der Waals surface area contributed by atoms with Crippen molar-refractivity contribution in [3.63, 3.8) is 0 Å². The van der Waals surface area contributed by atoms with E-state index in [1.165, 1.54) is 25.8 Å². The van der Waals surface area contributed by atoms with Crippen molar-refractivity contribution in [2.75, 3.05) is 154 Å². The van der Waals surface area contributed by atoms with Gasteiger partial charge < -0.3 is 50.1 Å². The molecule has 0 radical (unpaired) electrons. The number of halogens is 1. The van der Waals surface area contributed by atoms with Gasteiger partial charge in [-0.3, -0.25) is 43.6 Å². The number of fused-ring (bicyclic) bond motifs is 2. The van der Waals surface area contributed by atoms with Gasteiger partial charge in [0.05, 0.1) is 62.3 Å². The minimum Gasteiger partial charge on any atom is -0.508 e. The van der Waals surface area contributed by atoms with Crippen LogP contribution in [0.2, 0.25) is 5.02 Å². The average Bonchev–Trinajstić information content (AvgIpc) is 3.87. The number of piperazine rings is 1. The van der Waals surface area contributed by atoms with Gasteiger partial charge in [-0.25, -0.2) is 0 Å². The number of carbonyl (C=O) groups is 5. The van der Waals surface area contributed by atoms with Crippen molar-refractivity contribution in [3.8, 4) is 17.8 Å². The Bertz CT molecular complexity index is 2340. The highest BCUT2D eigenvalue weighted by molar-refractivity contribution is 6.36. The molecule has 23 heteroatoms. The number of nitrogens with zero attached hydrogens (tertiary/aromatic N) is 11. The lowest BCUT2D eigenvalue weighted by molar-refractivity contribution is -0.140. The molecule has 3 fully saturated rings. The van der Waals surface area contributed by atoms with Crippen LogP contribution in [-0.2, 0) is 36.9 Å². The average molecular weight is 1020 g/mol. The van der Waals surface area contributed by atoms with Gasteiger partial charge in [0.1, 0.15) is 11.6 Å². The van der Waals surface area contributed by atoms with Crippen molar-refractivity contribution < 1.29 is 49.1 Å². The first kappa shape index (κ1) is 56.6. The van der Waals surface area contributed by atoms with Gasteiger partial charge in [-0.15, -0.1) is 0 Å². The fraction of sp³-hybridized carbons (Fsp3) is 0.551. The molecule has 2 amide bonds. The summed E-state index contributed by atoms with van der Waals surface area (Å²) < 4.78 is 5.43. The van der Waals surface area contributed by atoms with Crippen molar-refractivity contribution >= 4 is 63.6 Å². The van der Waals surface area contributed by atoms with Gasteiger partial charge in [-0.1, -0.05) is 30.3 Å². The van der Waals surface area contributed by atoms with E-state index in [-0.39, 0.29) is 43.7 Å². The molecule has 3 aromatic rings. The fourth-order valence-electron chi connectivity index (χ4n) is 9.21. The summed E-state index contributed by atoms with van der Waals surface area (Å²) in [6, 6.07) is 11.2. The van der Waals surface area contributed by atoms with Gasteiger partial charge in [0.15, 0.2) is 0 Å². The largest absolute Gasteiger partial charge is 0.508 e. The number of aromatic hydroxyl groups is 1. The molecule has 0 atom stereocenters. The number of carboxylic acid groups (broad SMARTS) is 3. The predicted octanol–water partition coefficient (Wildman–Crippen LogP) is 1.60. The Morgan fingerprint density at radius 1 is 0.764 bits per heavy atom. The molecule has 2 aromatic carbocycles. The summed E-state index contributed by atoms with van der Waals surface area (Å²) >= 11 is 6.56. The van der Waals surface area contributed by atoms with Gasteiger partial charge in [0.25, 0.3) is 0 Å². The van der Waals surface area contributed by atoms with E-state index < -0.39 is 17.9 Å². The number of phenols is 1. The molecule has 0 unspecified atom stereocenters. The van der Waals surface area contributed by atoms with E-state index in [0.29, 0.717) is 103 Å². The first-order valence-corrected chi connectivity index (χ1v) is 24.6. The summed E-state index contributed by atoms with van der Waals surface area (Å²) in [7, 11) is 1.56. The third-order valence-electron chi connectivity index (χ3n) is 12.8. The summed E-state index contributed by atoms with van der Waals surface area (Å²) in [5.41, 5.74) is 2.86. The number of benzene rings is 2. The van der Waals surface area contributed by atoms with Gasteiger partial charge in [0.2, 0.25) is 11.8 Å². The maximum Gasteiger partial charge on any atom is 0.318 e. The molecule has 7 rings (SSSR count). The van der Waals surface area contributed by atoms with Crippen LogP contribution in [0.4, 0.5) is 11.5 Å². The van der Waals surface area contributed by atoms with E-state index in [4.69, 9.17) is 21.6 Å². The minimum atomic E-state index is -0.992. The first-order valence-electron chi connectivity index (χ1n) is 24.2. The normalized spacial score (nSPS) is 17.7. The summed E-state index contributed by atoms with van der Waals surface area (Å²) in [4.78, 5) is 83.4. The zero-order valence-electron chi connectivity index (χ0n) is 41.4. The molecule has 5 N–H and O–H groups in total. The van der Waals surface area contributed by atoms with Crippen LogP contribution in [0.3, 0.4) is 0 Å². The molecular formula is C49H69ClN12O10. The number of phenolic OH excluding ortho intramolecular Hbond substituents is 1. The Morgan fingerprint density at radius 3 is 1.82 bits per heavy atom. The Labute approximate surface area is 425 Å². The number of methoxy groups -OCH3 is 1. The summed E-state index contributed by atoms with van der Waals surface area (Å²) in [6.07, 6.45) is 4.48. The molecule has 392 valence electrons.